The van der Waals surface area contributed by atoms with E-state index in [2.05, 4.69) is 209 Å². The van der Waals surface area contributed by atoms with Crippen LogP contribution >= 0.6 is 0 Å². The molecule has 64 heavy (non-hydrogen) atoms. The van der Waals surface area contributed by atoms with Crippen LogP contribution in [0, 0.1) is 23.7 Å². The molecule has 4 fully saturated rings. The third-order valence-corrected chi connectivity index (χ3v) is 17.7. The summed E-state index contributed by atoms with van der Waals surface area (Å²) in [4.78, 5) is 2.57. The number of rotatable bonds is 5. The first-order chi connectivity index (χ1) is 31.2. The van der Waals surface area contributed by atoms with Gasteiger partial charge >= 0.3 is 0 Å². The van der Waals surface area contributed by atoms with Gasteiger partial charge in [-0.15, -0.1) is 0 Å². The van der Waals surface area contributed by atoms with E-state index in [1.807, 2.05) is 0 Å². The first-order valence-corrected chi connectivity index (χ1v) is 24.0. The van der Waals surface area contributed by atoms with Gasteiger partial charge in [-0.05, 0) is 163 Å². The maximum absolute atomic E-state index is 2.58. The predicted octanol–water partition coefficient (Wildman–Crippen LogP) is 16.4. The molecule has 1 heteroatoms. The molecule has 0 aromatic heterocycles. The average molecular weight is 824 g/mol. The van der Waals surface area contributed by atoms with Crippen molar-refractivity contribution in [2.45, 2.75) is 69.6 Å². The Morgan fingerprint density at radius 3 is 1.77 bits per heavy atom. The van der Waals surface area contributed by atoms with E-state index < -0.39 is 0 Å². The summed E-state index contributed by atoms with van der Waals surface area (Å²) in [7, 11) is 0. The minimum Gasteiger partial charge on any atom is -0.310 e. The normalized spacial score (nSPS) is 23.7. The largest absolute Gasteiger partial charge is 0.310 e. The summed E-state index contributed by atoms with van der Waals surface area (Å²) in [5, 5.41) is 0. The number of fused-ring (bicyclic) bond motifs is 9. The van der Waals surface area contributed by atoms with Gasteiger partial charge in [-0.2, -0.15) is 0 Å². The van der Waals surface area contributed by atoms with Gasteiger partial charge < -0.3 is 4.90 Å². The minimum atomic E-state index is -0.0917. The molecule has 0 heterocycles. The molecular formula is C63H53N. The van der Waals surface area contributed by atoms with E-state index in [0.717, 1.165) is 23.7 Å². The number of benzene rings is 8. The molecule has 0 radical (unpaired) electrons. The van der Waals surface area contributed by atoms with Crippen LogP contribution in [0.1, 0.15) is 86.8 Å². The van der Waals surface area contributed by atoms with E-state index in [0.29, 0.717) is 0 Å². The average Bonchev–Trinajstić information content (AvgIpc) is 4.02. The summed E-state index contributed by atoms with van der Waals surface area (Å²) in [6, 6.07) is 67.8. The lowest BCUT2D eigenvalue weighted by atomic mass is 9.59. The zero-order chi connectivity index (χ0) is 42.7. The molecule has 8 aromatic rings. The summed E-state index contributed by atoms with van der Waals surface area (Å²) in [6.45, 7) is 9.57. The lowest BCUT2D eigenvalue weighted by Gasteiger charge is -2.44. The van der Waals surface area contributed by atoms with E-state index in [-0.39, 0.29) is 16.2 Å². The summed E-state index contributed by atoms with van der Waals surface area (Å²) >= 11 is 0. The Bertz CT molecular complexity index is 3270. The van der Waals surface area contributed by atoms with Crippen LogP contribution in [-0.4, -0.2) is 0 Å². The quantitative estimate of drug-likeness (QED) is 0.167. The smallest absolute Gasteiger partial charge is 0.0540 e. The fourth-order valence-electron chi connectivity index (χ4n) is 15.3. The number of anilines is 3. The Labute approximate surface area is 378 Å². The Hall–Kier alpha value is -6.44. The second-order valence-electron chi connectivity index (χ2n) is 21.2. The van der Waals surface area contributed by atoms with Gasteiger partial charge in [-0.1, -0.05) is 173 Å². The second-order valence-corrected chi connectivity index (χ2v) is 21.2. The van der Waals surface area contributed by atoms with Crippen LogP contribution in [0.25, 0.3) is 55.6 Å². The van der Waals surface area contributed by atoms with Gasteiger partial charge in [0.15, 0.2) is 0 Å². The van der Waals surface area contributed by atoms with Crippen LogP contribution < -0.4 is 4.90 Å². The lowest BCUT2D eigenvalue weighted by Crippen LogP contribution is -2.40. The zero-order valence-corrected chi connectivity index (χ0v) is 37.3. The molecule has 0 amide bonds. The monoisotopic (exact) mass is 823 g/mol. The Balaban J connectivity index is 0.967. The van der Waals surface area contributed by atoms with Crippen LogP contribution in [0.2, 0.25) is 0 Å². The molecular weight excluding hydrogens is 771 g/mol. The first kappa shape index (κ1) is 37.0. The fraction of sp³-hybridized carbons (Fsp3) is 0.238. The molecule has 5 atom stereocenters. The molecule has 4 saturated carbocycles. The molecule has 4 bridgehead atoms. The molecule has 0 saturated heterocycles. The number of hydrogen-bond donors (Lipinski definition) is 0. The van der Waals surface area contributed by atoms with Crippen LogP contribution in [0.4, 0.5) is 17.1 Å². The highest BCUT2D eigenvalue weighted by molar-refractivity contribution is 5.99. The molecule has 0 N–H and O–H groups in total. The number of nitrogens with zero attached hydrogens (tertiary/aromatic N) is 1. The highest BCUT2D eigenvalue weighted by atomic mass is 15.1. The van der Waals surface area contributed by atoms with Crippen LogP contribution in [0.5, 0.6) is 0 Å². The van der Waals surface area contributed by atoms with Crippen molar-refractivity contribution in [3.63, 3.8) is 0 Å². The van der Waals surface area contributed by atoms with E-state index in [1.165, 1.54) is 121 Å². The maximum atomic E-state index is 2.58. The third-order valence-electron chi connectivity index (χ3n) is 17.7. The van der Waals surface area contributed by atoms with E-state index in [1.54, 1.807) is 11.1 Å². The van der Waals surface area contributed by atoms with Gasteiger partial charge in [-0.25, -0.2) is 0 Å². The number of hydrogen-bond acceptors (Lipinski definition) is 1. The summed E-state index contributed by atoms with van der Waals surface area (Å²) in [6.07, 6.45) is 5.64. The van der Waals surface area contributed by atoms with E-state index in [9.17, 15) is 0 Å². The van der Waals surface area contributed by atoms with Gasteiger partial charge in [0, 0.05) is 33.2 Å². The zero-order valence-electron chi connectivity index (χ0n) is 37.3. The van der Waals surface area contributed by atoms with Crippen molar-refractivity contribution in [2.24, 2.45) is 23.7 Å². The lowest BCUT2D eigenvalue weighted by molar-refractivity contribution is 0.191. The molecule has 1 spiro atoms. The Morgan fingerprint density at radius 1 is 0.406 bits per heavy atom. The van der Waals surface area contributed by atoms with Crippen molar-refractivity contribution in [1.82, 2.24) is 0 Å². The van der Waals surface area contributed by atoms with Crippen molar-refractivity contribution >= 4 is 17.1 Å². The molecule has 15 rings (SSSR count). The van der Waals surface area contributed by atoms with Gasteiger partial charge in [0.25, 0.3) is 0 Å². The standard InChI is InChI=1S/C63H53N/c1-61(2)53-23-10-7-18-50(53)59-48(20-14-25-56(59)61)47-17-8-12-26-58(47)64(42-29-27-39(28-30-42)44-19-13-21-49-45-15-5-9-22-52(45)62(3,4)60(44)49)43-31-32-55-51(37-43)46-16-6-11-24-54(46)63(55)41-34-38-33-40(36-41)57(63)35-38/h5-32,37-38,40-41,57H,33-36H2,1-4H3. The van der Waals surface area contributed by atoms with Crippen molar-refractivity contribution in [3.05, 3.63) is 209 Å². The van der Waals surface area contributed by atoms with Crippen molar-refractivity contribution < 1.29 is 0 Å². The molecule has 310 valence electrons. The molecule has 1 nitrogen and oxygen atoms in total. The van der Waals surface area contributed by atoms with Crippen LogP contribution in [-0.2, 0) is 16.2 Å². The molecule has 5 unspecified atom stereocenters. The summed E-state index contributed by atoms with van der Waals surface area (Å²) in [5.41, 5.74) is 25.9. The third kappa shape index (κ3) is 4.65. The summed E-state index contributed by atoms with van der Waals surface area (Å²) < 4.78 is 0. The predicted molar refractivity (Wildman–Crippen MR) is 266 cm³/mol. The second kappa shape index (κ2) is 12.9. The van der Waals surface area contributed by atoms with E-state index >= 15 is 0 Å². The Morgan fingerprint density at radius 2 is 0.984 bits per heavy atom. The number of para-hydroxylation sites is 1. The minimum absolute atomic E-state index is 0.0811. The Kier molecular flexibility index (Phi) is 7.43. The maximum Gasteiger partial charge on any atom is 0.0540 e. The SMILES string of the molecule is CC1(C)c2ccccc2-c2c(-c3ccccc3N(c3ccc(-c4cccc5c4C(C)(C)c4ccccc4-5)cc3)c3ccc4c(c3)-c3ccccc3C43C4CC5CC(C4)C3C5)cccc21. The van der Waals surface area contributed by atoms with Gasteiger partial charge in [0.2, 0.25) is 0 Å². The van der Waals surface area contributed by atoms with Gasteiger partial charge in [0.1, 0.15) is 0 Å². The summed E-state index contributed by atoms with van der Waals surface area (Å²) in [5.74, 6) is 3.31. The molecule has 7 aliphatic rings. The highest BCUT2D eigenvalue weighted by Crippen LogP contribution is 2.73. The van der Waals surface area contributed by atoms with Crippen LogP contribution in [0.3, 0.4) is 0 Å². The van der Waals surface area contributed by atoms with Crippen LogP contribution in [0.15, 0.2) is 176 Å². The fourth-order valence-corrected chi connectivity index (χ4v) is 15.3. The van der Waals surface area contributed by atoms with Gasteiger partial charge in [-0.3, -0.25) is 0 Å². The van der Waals surface area contributed by atoms with Crippen molar-refractivity contribution in [3.8, 4) is 55.6 Å². The molecule has 8 aromatic carbocycles. The van der Waals surface area contributed by atoms with E-state index in [4.69, 9.17) is 0 Å². The molecule has 0 aliphatic heterocycles. The van der Waals surface area contributed by atoms with Crippen molar-refractivity contribution in [1.29, 1.82) is 0 Å². The topological polar surface area (TPSA) is 3.24 Å². The first-order valence-electron chi connectivity index (χ1n) is 24.0. The molecule has 7 aliphatic carbocycles. The highest BCUT2D eigenvalue weighted by Gasteiger charge is 2.66. The van der Waals surface area contributed by atoms with Gasteiger partial charge in [0.05, 0.1) is 5.69 Å². The van der Waals surface area contributed by atoms with Crippen molar-refractivity contribution in [2.75, 3.05) is 4.90 Å².